The van der Waals surface area contributed by atoms with Gasteiger partial charge >= 0.3 is 0 Å². The number of amides is 2. The number of piperidine rings is 1. The molecule has 1 aliphatic heterocycles. The second-order valence-electron chi connectivity index (χ2n) is 4.97. The van der Waals surface area contributed by atoms with Crippen LogP contribution in [0.5, 0.6) is 0 Å². The smallest absolute Gasteiger partial charge is 0.234 e. The van der Waals surface area contributed by atoms with Crippen molar-refractivity contribution in [3.63, 3.8) is 0 Å². The van der Waals surface area contributed by atoms with Gasteiger partial charge in [-0.2, -0.15) is 5.10 Å². The molecule has 2 heterocycles. The molecule has 1 saturated heterocycles. The normalized spacial score (nSPS) is 19.1. The van der Waals surface area contributed by atoms with Crippen molar-refractivity contribution in [3.8, 4) is 0 Å². The minimum Gasteiger partial charge on any atom is -0.298 e. The van der Waals surface area contributed by atoms with Crippen LogP contribution in [0.1, 0.15) is 34.7 Å². The number of hydrogen-bond acceptors (Lipinski definition) is 4. The number of aryl methyl sites for hydroxylation is 1. The van der Waals surface area contributed by atoms with Crippen LogP contribution in [-0.2, 0) is 16.6 Å². The Hall–Kier alpha value is -2.50. The predicted octanol–water partition coefficient (Wildman–Crippen LogP) is 0.906. The molecule has 2 amide bonds. The maximum absolute atomic E-state index is 12.0. The molecule has 3 rings (SSSR count). The zero-order valence-electron chi connectivity index (χ0n) is 10.9. The van der Waals surface area contributed by atoms with Gasteiger partial charge in [0.05, 0.1) is 11.4 Å². The van der Waals surface area contributed by atoms with E-state index in [4.69, 9.17) is 0 Å². The van der Waals surface area contributed by atoms with Gasteiger partial charge in [0, 0.05) is 30.6 Å². The standard InChI is InChI=1S/C14H13N3O3/c1-17-6-9-4-8(7-18)5-11(13(9)16-17)10-2-3-12(19)15-14(10)20/h4-7,10H,2-3H2,1H3,(H,15,19,20). The van der Waals surface area contributed by atoms with E-state index in [1.54, 1.807) is 30.1 Å². The molecule has 0 spiro atoms. The van der Waals surface area contributed by atoms with E-state index in [-0.39, 0.29) is 11.8 Å². The van der Waals surface area contributed by atoms with Crippen molar-refractivity contribution in [2.75, 3.05) is 0 Å². The quantitative estimate of drug-likeness (QED) is 0.650. The summed E-state index contributed by atoms with van der Waals surface area (Å²) >= 11 is 0. The molecule has 0 aliphatic carbocycles. The summed E-state index contributed by atoms with van der Waals surface area (Å²) in [6, 6.07) is 3.42. The van der Waals surface area contributed by atoms with Crippen LogP contribution < -0.4 is 5.32 Å². The second kappa shape index (κ2) is 4.56. The highest BCUT2D eigenvalue weighted by Gasteiger charge is 2.30. The van der Waals surface area contributed by atoms with Gasteiger partial charge < -0.3 is 0 Å². The topological polar surface area (TPSA) is 81.1 Å². The minimum atomic E-state index is -0.440. The predicted molar refractivity (Wildman–Crippen MR) is 71.2 cm³/mol. The van der Waals surface area contributed by atoms with Crippen molar-refractivity contribution < 1.29 is 14.4 Å². The molecular weight excluding hydrogens is 258 g/mol. The van der Waals surface area contributed by atoms with E-state index in [9.17, 15) is 14.4 Å². The van der Waals surface area contributed by atoms with Crippen molar-refractivity contribution in [2.45, 2.75) is 18.8 Å². The van der Waals surface area contributed by atoms with Crippen LogP contribution in [-0.4, -0.2) is 27.9 Å². The fraction of sp³-hybridized carbons (Fsp3) is 0.286. The summed E-state index contributed by atoms with van der Waals surface area (Å²) < 4.78 is 1.65. The molecule has 1 aromatic heterocycles. The van der Waals surface area contributed by atoms with Crippen LogP contribution in [0.4, 0.5) is 0 Å². The molecule has 20 heavy (non-hydrogen) atoms. The Morgan fingerprint density at radius 3 is 2.90 bits per heavy atom. The number of aldehydes is 1. The number of carbonyl (C=O) groups is 3. The Balaban J connectivity index is 2.16. The monoisotopic (exact) mass is 271 g/mol. The van der Waals surface area contributed by atoms with Crippen LogP contribution in [0.3, 0.4) is 0 Å². The molecule has 1 aliphatic rings. The highest BCUT2D eigenvalue weighted by Crippen LogP contribution is 2.31. The first kappa shape index (κ1) is 12.5. The number of hydrogen-bond donors (Lipinski definition) is 1. The van der Waals surface area contributed by atoms with Gasteiger partial charge in [-0.15, -0.1) is 0 Å². The van der Waals surface area contributed by atoms with Crippen LogP contribution >= 0.6 is 0 Å². The number of nitrogens with zero attached hydrogens (tertiary/aromatic N) is 2. The molecule has 6 nitrogen and oxygen atoms in total. The Morgan fingerprint density at radius 1 is 1.40 bits per heavy atom. The lowest BCUT2D eigenvalue weighted by Crippen LogP contribution is -2.39. The molecule has 102 valence electrons. The number of imide groups is 1. The maximum Gasteiger partial charge on any atom is 0.234 e. The van der Waals surface area contributed by atoms with Gasteiger partial charge in [-0.05, 0) is 24.1 Å². The van der Waals surface area contributed by atoms with Gasteiger partial charge in [0.2, 0.25) is 11.8 Å². The number of aromatic nitrogens is 2. The number of carbonyl (C=O) groups excluding carboxylic acids is 3. The van der Waals surface area contributed by atoms with E-state index in [0.717, 1.165) is 11.7 Å². The first-order valence-corrected chi connectivity index (χ1v) is 6.34. The van der Waals surface area contributed by atoms with E-state index in [0.29, 0.717) is 29.5 Å². The van der Waals surface area contributed by atoms with E-state index in [1.165, 1.54) is 0 Å². The molecule has 1 aromatic carbocycles. The van der Waals surface area contributed by atoms with Crippen molar-refractivity contribution in [2.24, 2.45) is 7.05 Å². The summed E-state index contributed by atoms with van der Waals surface area (Å²) in [6.45, 7) is 0. The van der Waals surface area contributed by atoms with Crippen LogP contribution in [0.25, 0.3) is 10.9 Å². The molecule has 0 bridgehead atoms. The second-order valence-corrected chi connectivity index (χ2v) is 4.97. The van der Waals surface area contributed by atoms with Crippen molar-refractivity contribution >= 4 is 29.0 Å². The van der Waals surface area contributed by atoms with Gasteiger partial charge in [0.15, 0.2) is 0 Å². The summed E-state index contributed by atoms with van der Waals surface area (Å²) in [4.78, 5) is 34.3. The largest absolute Gasteiger partial charge is 0.298 e. The highest BCUT2D eigenvalue weighted by atomic mass is 16.2. The molecule has 1 unspecified atom stereocenters. The summed E-state index contributed by atoms with van der Waals surface area (Å²) in [5.41, 5.74) is 1.91. The first-order valence-electron chi connectivity index (χ1n) is 6.34. The third kappa shape index (κ3) is 1.99. The Labute approximate surface area is 114 Å². The number of nitrogens with one attached hydrogen (secondary N) is 1. The molecule has 6 heteroatoms. The molecule has 1 fully saturated rings. The Bertz CT molecular complexity index is 733. The molecule has 2 aromatic rings. The lowest BCUT2D eigenvalue weighted by Gasteiger charge is -2.21. The lowest BCUT2D eigenvalue weighted by molar-refractivity contribution is -0.134. The zero-order valence-corrected chi connectivity index (χ0v) is 10.9. The molecule has 0 radical (unpaired) electrons. The first-order chi connectivity index (χ1) is 9.58. The highest BCUT2D eigenvalue weighted by molar-refractivity contribution is 6.03. The summed E-state index contributed by atoms with van der Waals surface area (Å²) in [6.07, 6.45) is 3.30. The van der Waals surface area contributed by atoms with Crippen molar-refractivity contribution in [1.29, 1.82) is 0 Å². The van der Waals surface area contributed by atoms with Gasteiger partial charge in [0.1, 0.15) is 6.29 Å². The fourth-order valence-electron chi connectivity index (χ4n) is 2.63. The molecule has 1 N–H and O–H groups in total. The van der Waals surface area contributed by atoms with Crippen LogP contribution in [0, 0.1) is 0 Å². The number of fused-ring (bicyclic) bond motifs is 1. The molecule has 1 atom stereocenters. The van der Waals surface area contributed by atoms with E-state index < -0.39 is 5.92 Å². The van der Waals surface area contributed by atoms with E-state index >= 15 is 0 Å². The average molecular weight is 271 g/mol. The Morgan fingerprint density at radius 2 is 2.20 bits per heavy atom. The average Bonchev–Trinajstić information content (AvgIpc) is 2.78. The fourth-order valence-corrected chi connectivity index (χ4v) is 2.63. The van der Waals surface area contributed by atoms with E-state index in [2.05, 4.69) is 10.4 Å². The lowest BCUT2D eigenvalue weighted by atomic mass is 9.88. The number of benzene rings is 1. The maximum atomic E-state index is 12.0. The minimum absolute atomic E-state index is 0.255. The number of rotatable bonds is 2. The summed E-state index contributed by atoms with van der Waals surface area (Å²) in [7, 11) is 1.79. The van der Waals surface area contributed by atoms with Crippen molar-refractivity contribution in [1.82, 2.24) is 15.1 Å². The van der Waals surface area contributed by atoms with E-state index in [1.807, 2.05) is 0 Å². The Kier molecular flexibility index (Phi) is 2.85. The third-order valence-corrected chi connectivity index (χ3v) is 3.53. The van der Waals surface area contributed by atoms with Crippen LogP contribution in [0.2, 0.25) is 0 Å². The van der Waals surface area contributed by atoms with Crippen LogP contribution in [0.15, 0.2) is 18.3 Å². The SMILES string of the molecule is Cn1cc2cc(C=O)cc(C3CCC(=O)NC3=O)c2n1. The zero-order chi connectivity index (χ0) is 14.3. The molecular formula is C14H13N3O3. The van der Waals surface area contributed by atoms with Gasteiger partial charge in [-0.3, -0.25) is 24.4 Å². The van der Waals surface area contributed by atoms with Gasteiger partial charge in [-0.25, -0.2) is 0 Å². The van der Waals surface area contributed by atoms with Gasteiger partial charge in [-0.1, -0.05) is 0 Å². The van der Waals surface area contributed by atoms with Gasteiger partial charge in [0.25, 0.3) is 0 Å². The summed E-state index contributed by atoms with van der Waals surface area (Å²) in [5.74, 6) is -1.02. The third-order valence-electron chi connectivity index (χ3n) is 3.53. The molecule has 0 saturated carbocycles. The summed E-state index contributed by atoms with van der Waals surface area (Å²) in [5, 5.41) is 7.51. The van der Waals surface area contributed by atoms with Crippen molar-refractivity contribution in [3.05, 3.63) is 29.5 Å².